The summed E-state index contributed by atoms with van der Waals surface area (Å²) in [6.45, 7) is 2.45. The standard InChI is InChI=1S/C13H17ClN2O5/c1-4-5-13(14,11(19)9(7-17)21-3)16-8(2)6-10(18)15-12(16)20/h6,9,11,17,19H,7H2,1-3H3,(H,15,18,20). The van der Waals surface area contributed by atoms with Crippen molar-refractivity contribution < 1.29 is 14.9 Å². The van der Waals surface area contributed by atoms with Crippen LogP contribution in [-0.2, 0) is 9.73 Å². The first kappa shape index (κ1) is 17.5. The molecule has 7 nitrogen and oxygen atoms in total. The normalized spacial score (nSPS) is 16.5. The molecule has 21 heavy (non-hydrogen) atoms. The first-order chi connectivity index (χ1) is 9.81. The molecule has 8 heteroatoms. The monoisotopic (exact) mass is 316 g/mol. The van der Waals surface area contributed by atoms with Gasteiger partial charge in [0.2, 0.25) is 5.00 Å². The molecule has 1 heterocycles. The summed E-state index contributed by atoms with van der Waals surface area (Å²) in [5, 5.41) is 19.6. The molecule has 0 radical (unpaired) electrons. The number of hydrogen-bond donors (Lipinski definition) is 3. The van der Waals surface area contributed by atoms with Gasteiger partial charge in [0.15, 0.2) is 0 Å². The van der Waals surface area contributed by atoms with E-state index in [1.807, 2.05) is 0 Å². The van der Waals surface area contributed by atoms with Crippen LogP contribution in [0.15, 0.2) is 15.7 Å². The average molecular weight is 317 g/mol. The Morgan fingerprint density at radius 2 is 2.19 bits per heavy atom. The van der Waals surface area contributed by atoms with Crippen molar-refractivity contribution in [3.8, 4) is 11.8 Å². The third-order valence-corrected chi connectivity index (χ3v) is 3.47. The highest BCUT2D eigenvalue weighted by atomic mass is 35.5. The number of H-pyrrole nitrogens is 1. The molecule has 0 aliphatic heterocycles. The van der Waals surface area contributed by atoms with Crippen LogP contribution in [0.4, 0.5) is 0 Å². The number of halogens is 1. The van der Waals surface area contributed by atoms with Gasteiger partial charge in [-0.1, -0.05) is 17.5 Å². The van der Waals surface area contributed by atoms with E-state index in [-0.39, 0.29) is 5.69 Å². The molecular weight excluding hydrogens is 300 g/mol. The fourth-order valence-electron chi connectivity index (χ4n) is 2.00. The quantitative estimate of drug-likeness (QED) is 0.484. The van der Waals surface area contributed by atoms with Gasteiger partial charge >= 0.3 is 5.69 Å². The topological polar surface area (TPSA) is 105 Å². The second kappa shape index (κ2) is 6.91. The Bertz CT molecular complexity index is 668. The number of nitrogens with zero attached hydrogens (tertiary/aromatic N) is 1. The highest BCUT2D eigenvalue weighted by molar-refractivity contribution is 6.24. The molecule has 1 rings (SSSR count). The second-order valence-electron chi connectivity index (χ2n) is 4.37. The fourth-order valence-corrected chi connectivity index (χ4v) is 2.45. The maximum absolute atomic E-state index is 12.0. The van der Waals surface area contributed by atoms with Crippen LogP contribution < -0.4 is 11.2 Å². The van der Waals surface area contributed by atoms with Gasteiger partial charge in [-0.3, -0.25) is 14.3 Å². The van der Waals surface area contributed by atoms with E-state index in [4.69, 9.17) is 16.3 Å². The van der Waals surface area contributed by atoms with Crippen LogP contribution >= 0.6 is 11.6 Å². The number of aromatic nitrogens is 2. The SMILES string of the molecule is CC#CC(Cl)(C(O)C(CO)OC)n1c(C)cc(=O)[nH]c1=O. The Kier molecular flexibility index (Phi) is 5.75. The first-order valence-corrected chi connectivity index (χ1v) is 6.47. The highest BCUT2D eigenvalue weighted by Gasteiger charge is 2.43. The molecule has 3 N–H and O–H groups in total. The van der Waals surface area contributed by atoms with E-state index in [1.54, 1.807) is 0 Å². The molecule has 0 amide bonds. The predicted octanol–water partition coefficient (Wildman–Crippen LogP) is -0.872. The third-order valence-electron chi connectivity index (χ3n) is 2.98. The lowest BCUT2D eigenvalue weighted by Crippen LogP contribution is -2.53. The smallest absolute Gasteiger partial charge is 0.330 e. The number of methoxy groups -OCH3 is 1. The lowest BCUT2D eigenvalue weighted by atomic mass is 10.0. The molecule has 0 saturated carbocycles. The molecule has 3 unspecified atom stereocenters. The van der Waals surface area contributed by atoms with Gasteiger partial charge in [-0.05, 0) is 13.8 Å². The second-order valence-corrected chi connectivity index (χ2v) is 4.94. The van der Waals surface area contributed by atoms with Crippen molar-refractivity contribution in [2.45, 2.75) is 31.1 Å². The van der Waals surface area contributed by atoms with Crippen LogP contribution in [0.5, 0.6) is 0 Å². The number of rotatable bonds is 5. The Balaban J connectivity index is 3.59. The number of hydrogen-bond acceptors (Lipinski definition) is 5. The van der Waals surface area contributed by atoms with E-state index < -0.39 is 35.1 Å². The minimum Gasteiger partial charge on any atom is -0.394 e. The average Bonchev–Trinajstić information content (AvgIpc) is 2.38. The number of aliphatic hydroxyl groups is 2. The van der Waals surface area contributed by atoms with Gasteiger partial charge in [0.25, 0.3) is 5.56 Å². The molecular formula is C13H17ClN2O5. The van der Waals surface area contributed by atoms with Gasteiger partial charge in [-0.15, -0.1) is 5.92 Å². The first-order valence-electron chi connectivity index (χ1n) is 6.09. The van der Waals surface area contributed by atoms with Crippen molar-refractivity contribution in [2.75, 3.05) is 13.7 Å². The van der Waals surface area contributed by atoms with Crippen LogP contribution in [0.1, 0.15) is 12.6 Å². The molecule has 1 aromatic rings. The molecule has 116 valence electrons. The maximum atomic E-state index is 12.0. The molecule has 0 bridgehead atoms. The summed E-state index contributed by atoms with van der Waals surface area (Å²) in [7, 11) is 1.28. The van der Waals surface area contributed by atoms with Gasteiger partial charge in [0, 0.05) is 18.9 Å². The molecule has 0 aromatic carbocycles. The van der Waals surface area contributed by atoms with E-state index in [0.29, 0.717) is 0 Å². The lowest BCUT2D eigenvalue weighted by molar-refractivity contribution is -0.0624. The molecule has 1 aromatic heterocycles. The summed E-state index contributed by atoms with van der Waals surface area (Å²) in [4.78, 5) is 23.5. The van der Waals surface area contributed by atoms with Crippen LogP contribution in [0, 0.1) is 18.8 Å². The Labute approximate surface area is 126 Å². The van der Waals surface area contributed by atoms with Crippen LogP contribution in [-0.4, -0.2) is 45.7 Å². The number of aromatic amines is 1. The molecule has 0 saturated heterocycles. The van der Waals surface area contributed by atoms with E-state index in [1.165, 1.54) is 21.0 Å². The summed E-state index contributed by atoms with van der Waals surface area (Å²) in [5.74, 6) is 5.07. The number of ether oxygens (including phenoxy) is 1. The van der Waals surface area contributed by atoms with E-state index in [2.05, 4.69) is 16.8 Å². The predicted molar refractivity (Wildman–Crippen MR) is 77.2 cm³/mol. The van der Waals surface area contributed by atoms with Crippen LogP contribution in [0.2, 0.25) is 0 Å². The Hall–Kier alpha value is -1.59. The summed E-state index contributed by atoms with van der Waals surface area (Å²) in [5.41, 5.74) is -1.19. The van der Waals surface area contributed by atoms with Crippen molar-refractivity contribution in [1.82, 2.24) is 9.55 Å². The van der Waals surface area contributed by atoms with Crippen LogP contribution in [0.25, 0.3) is 0 Å². The fraction of sp³-hybridized carbons (Fsp3) is 0.538. The van der Waals surface area contributed by atoms with Gasteiger partial charge in [-0.2, -0.15) is 0 Å². The van der Waals surface area contributed by atoms with Crippen molar-refractivity contribution in [2.24, 2.45) is 0 Å². The number of aliphatic hydroxyl groups excluding tert-OH is 2. The zero-order chi connectivity index (χ0) is 16.2. The van der Waals surface area contributed by atoms with Crippen LogP contribution in [0.3, 0.4) is 0 Å². The zero-order valence-electron chi connectivity index (χ0n) is 11.9. The minimum absolute atomic E-state index is 0.216. The number of nitrogens with one attached hydrogen (secondary N) is 1. The van der Waals surface area contributed by atoms with Crippen molar-refractivity contribution in [1.29, 1.82) is 0 Å². The molecule has 0 spiro atoms. The lowest BCUT2D eigenvalue weighted by Gasteiger charge is -2.33. The van der Waals surface area contributed by atoms with E-state index in [0.717, 1.165) is 10.6 Å². The molecule has 0 aliphatic carbocycles. The largest absolute Gasteiger partial charge is 0.394 e. The van der Waals surface area contributed by atoms with Gasteiger partial charge in [0.05, 0.1) is 6.61 Å². The van der Waals surface area contributed by atoms with E-state index in [9.17, 15) is 19.8 Å². The van der Waals surface area contributed by atoms with Crippen molar-refractivity contribution >= 4 is 11.6 Å². The Morgan fingerprint density at radius 3 is 2.62 bits per heavy atom. The zero-order valence-corrected chi connectivity index (χ0v) is 12.6. The third kappa shape index (κ3) is 3.36. The number of alkyl halides is 1. The summed E-state index contributed by atoms with van der Waals surface area (Å²) < 4.78 is 5.90. The van der Waals surface area contributed by atoms with Gasteiger partial charge in [0.1, 0.15) is 12.2 Å². The summed E-state index contributed by atoms with van der Waals surface area (Å²) >= 11 is 6.36. The van der Waals surface area contributed by atoms with Gasteiger partial charge in [-0.25, -0.2) is 4.79 Å². The van der Waals surface area contributed by atoms with E-state index >= 15 is 0 Å². The molecule has 0 aliphatic rings. The van der Waals surface area contributed by atoms with Crippen molar-refractivity contribution in [3.63, 3.8) is 0 Å². The summed E-state index contributed by atoms with van der Waals surface area (Å²) in [6, 6.07) is 1.16. The summed E-state index contributed by atoms with van der Waals surface area (Å²) in [6.07, 6.45) is -2.56. The highest BCUT2D eigenvalue weighted by Crippen LogP contribution is 2.28. The van der Waals surface area contributed by atoms with Crippen molar-refractivity contribution in [3.05, 3.63) is 32.6 Å². The minimum atomic E-state index is -1.89. The molecule has 3 atom stereocenters. The van der Waals surface area contributed by atoms with Gasteiger partial charge < -0.3 is 14.9 Å². The molecule has 0 fully saturated rings. The number of aryl methyl sites for hydroxylation is 1. The maximum Gasteiger partial charge on any atom is 0.330 e. The Morgan fingerprint density at radius 1 is 1.57 bits per heavy atom.